The Hall–Kier alpha value is -3.72. The van der Waals surface area contributed by atoms with Crippen LogP contribution in [0.5, 0.6) is 11.5 Å². The number of benzene rings is 2. The standard InChI is InChI=1S/C19H19F3N2OS.C9H12O2.C2H6/c1-5-12(2)6-7-13(3)26(4,25)24-18-11-17(22)19(23-18)14-8-9-15(20)16(21)10-14;1-3-7-5-4-6-8(11-2)9(7)10;1-2/h5-10H,3-4,11H2,1-2H3,(H,23,24,25);4-6,10H,3H2,1-2H3;1-2H3/b7-6-,12-5-;;. The van der Waals surface area contributed by atoms with Crippen LogP contribution < -0.4 is 10.1 Å². The summed E-state index contributed by atoms with van der Waals surface area (Å²) in [5.41, 5.74) is 1.96. The number of amidine groups is 1. The van der Waals surface area contributed by atoms with Crippen molar-refractivity contribution >= 4 is 27.1 Å². The molecule has 1 heterocycles. The van der Waals surface area contributed by atoms with Crippen LogP contribution in [-0.4, -0.2) is 28.1 Å². The maximum absolute atomic E-state index is 14.2. The number of nitrogens with zero attached hydrogens (tertiary/aromatic N) is 1. The zero-order valence-corrected chi connectivity index (χ0v) is 24.1. The fourth-order valence-corrected chi connectivity index (χ4v) is 3.97. The Kier molecular flexibility index (Phi) is 13.4. The van der Waals surface area contributed by atoms with Gasteiger partial charge in [-0.25, -0.2) is 17.4 Å². The van der Waals surface area contributed by atoms with Gasteiger partial charge in [-0.3, -0.25) is 0 Å². The average Bonchev–Trinajstić information content (AvgIpc) is 3.29. The van der Waals surface area contributed by atoms with E-state index in [2.05, 4.69) is 22.2 Å². The number of halogens is 3. The second kappa shape index (κ2) is 15.6. The fourth-order valence-electron chi connectivity index (χ4n) is 3.11. The number of nitrogens with one attached hydrogen (secondary N) is 1. The Morgan fingerprint density at radius 1 is 1.18 bits per heavy atom. The summed E-state index contributed by atoms with van der Waals surface area (Å²) in [6.45, 7) is 13.4. The lowest BCUT2D eigenvalue weighted by molar-refractivity contribution is 0.371. The lowest BCUT2D eigenvalue weighted by atomic mass is 10.1. The van der Waals surface area contributed by atoms with Crippen LogP contribution >= 0.6 is 0 Å². The van der Waals surface area contributed by atoms with Gasteiger partial charge in [-0.2, -0.15) is 4.40 Å². The third-order valence-electron chi connectivity index (χ3n) is 5.41. The molecule has 212 valence electrons. The maximum Gasteiger partial charge on any atom is 0.160 e. The molecule has 0 radical (unpaired) electrons. The lowest BCUT2D eigenvalue weighted by Gasteiger charge is -2.08. The molecule has 39 heavy (non-hydrogen) atoms. The third kappa shape index (κ3) is 9.51. The van der Waals surface area contributed by atoms with Crippen LogP contribution in [0.1, 0.15) is 52.2 Å². The zero-order chi connectivity index (χ0) is 29.8. The average molecular weight is 563 g/mol. The van der Waals surface area contributed by atoms with E-state index in [-0.39, 0.29) is 34.2 Å². The monoisotopic (exact) mass is 562 g/mol. The minimum atomic E-state index is -3.10. The molecule has 1 aliphatic heterocycles. The molecule has 1 atom stereocenters. The van der Waals surface area contributed by atoms with Crippen molar-refractivity contribution in [1.29, 1.82) is 0 Å². The molecule has 5 nitrogen and oxygen atoms in total. The van der Waals surface area contributed by atoms with Crippen molar-refractivity contribution in [2.45, 2.75) is 47.5 Å². The number of aryl methyl sites for hydroxylation is 1. The smallest absolute Gasteiger partial charge is 0.160 e. The molecule has 9 heteroatoms. The predicted octanol–water partition coefficient (Wildman–Crippen LogP) is 7.65. The molecule has 0 amide bonds. The minimum Gasteiger partial charge on any atom is -0.504 e. The summed E-state index contributed by atoms with van der Waals surface area (Å²) < 4.78 is 62.1. The van der Waals surface area contributed by atoms with E-state index in [1.165, 1.54) is 6.07 Å². The summed E-state index contributed by atoms with van der Waals surface area (Å²) in [4.78, 5) is 0.190. The molecule has 0 aromatic heterocycles. The van der Waals surface area contributed by atoms with Gasteiger partial charge in [0.2, 0.25) is 0 Å². The Morgan fingerprint density at radius 3 is 2.41 bits per heavy atom. The van der Waals surface area contributed by atoms with E-state index >= 15 is 0 Å². The number of aromatic hydroxyl groups is 1. The van der Waals surface area contributed by atoms with Gasteiger partial charge >= 0.3 is 0 Å². The van der Waals surface area contributed by atoms with Crippen molar-refractivity contribution in [2.24, 2.45) is 4.40 Å². The molecule has 2 aromatic carbocycles. The van der Waals surface area contributed by atoms with Crippen LogP contribution in [0.2, 0.25) is 0 Å². The maximum atomic E-state index is 14.2. The first-order valence-corrected chi connectivity index (χ1v) is 14.0. The molecular weight excluding hydrogens is 525 g/mol. The summed E-state index contributed by atoms with van der Waals surface area (Å²) in [6, 6.07) is 8.53. The molecule has 0 bridgehead atoms. The Labute approximate surface area is 230 Å². The molecule has 1 unspecified atom stereocenters. The van der Waals surface area contributed by atoms with E-state index < -0.39 is 27.2 Å². The Balaban J connectivity index is 0.000000487. The summed E-state index contributed by atoms with van der Waals surface area (Å²) in [7, 11) is -1.55. The van der Waals surface area contributed by atoms with Crippen molar-refractivity contribution in [1.82, 2.24) is 5.32 Å². The van der Waals surface area contributed by atoms with Gasteiger partial charge in [-0.05, 0) is 62.0 Å². The van der Waals surface area contributed by atoms with Gasteiger partial charge in [0.15, 0.2) is 23.1 Å². The summed E-state index contributed by atoms with van der Waals surface area (Å²) >= 11 is 0. The topological polar surface area (TPSA) is 70.9 Å². The van der Waals surface area contributed by atoms with Gasteiger partial charge in [0.1, 0.15) is 11.7 Å². The second-order valence-corrected chi connectivity index (χ2v) is 10.0. The van der Waals surface area contributed by atoms with Crippen LogP contribution in [-0.2, 0) is 16.1 Å². The van der Waals surface area contributed by atoms with Gasteiger partial charge < -0.3 is 15.2 Å². The number of hydrogen-bond donors (Lipinski definition) is 2. The van der Waals surface area contributed by atoms with Crippen LogP contribution in [0, 0.1) is 11.6 Å². The largest absolute Gasteiger partial charge is 0.504 e. The highest BCUT2D eigenvalue weighted by Crippen LogP contribution is 2.29. The third-order valence-corrected chi connectivity index (χ3v) is 6.88. The van der Waals surface area contributed by atoms with Crippen LogP contribution in [0.4, 0.5) is 13.2 Å². The van der Waals surface area contributed by atoms with E-state index in [9.17, 15) is 22.5 Å². The first-order chi connectivity index (χ1) is 18.4. The van der Waals surface area contributed by atoms with E-state index in [0.717, 1.165) is 29.7 Å². The number of ether oxygens (including phenoxy) is 1. The number of para-hydroxylation sites is 1. The molecule has 0 saturated carbocycles. The van der Waals surface area contributed by atoms with Crippen molar-refractivity contribution in [2.75, 3.05) is 7.11 Å². The van der Waals surface area contributed by atoms with E-state index in [0.29, 0.717) is 5.75 Å². The molecule has 0 aliphatic carbocycles. The van der Waals surface area contributed by atoms with Crippen molar-refractivity contribution in [3.05, 3.63) is 100 Å². The van der Waals surface area contributed by atoms with Crippen LogP contribution in [0.25, 0.3) is 5.70 Å². The van der Waals surface area contributed by atoms with Crippen LogP contribution in [0.3, 0.4) is 0 Å². The van der Waals surface area contributed by atoms with Crippen LogP contribution in [0.15, 0.2) is 81.9 Å². The highest BCUT2D eigenvalue weighted by Gasteiger charge is 2.23. The predicted molar refractivity (Wildman–Crippen MR) is 158 cm³/mol. The molecule has 0 fully saturated rings. The van der Waals surface area contributed by atoms with Gasteiger partial charge in [0.05, 0.1) is 28.9 Å². The normalized spacial score (nSPS) is 15.6. The number of methoxy groups -OCH3 is 1. The summed E-state index contributed by atoms with van der Waals surface area (Å²) in [5.74, 6) is 1.73. The van der Waals surface area contributed by atoms with E-state index in [1.807, 2.05) is 52.8 Å². The highest BCUT2D eigenvalue weighted by molar-refractivity contribution is 8.03. The van der Waals surface area contributed by atoms with E-state index in [4.69, 9.17) is 4.74 Å². The summed E-state index contributed by atoms with van der Waals surface area (Å²) in [5, 5.41) is 12.1. The Morgan fingerprint density at radius 2 is 1.85 bits per heavy atom. The number of allylic oxidation sites excluding steroid dienone is 4. The second-order valence-electron chi connectivity index (χ2n) is 8.04. The molecule has 3 rings (SSSR count). The SMILES string of the molecule is C=C(/C=C\C(C)=C/C)S(=C)(=O)/N=C1\CC(F)=C(c2ccc(F)c(F)c2)N1.CC.CCc1cccc(OC)c1O. The first-order valence-electron chi connectivity index (χ1n) is 12.3. The van der Waals surface area contributed by atoms with Gasteiger partial charge in [0, 0.05) is 10.5 Å². The number of phenolic OH excluding ortho intramolecular Hbond substituents is 1. The van der Waals surface area contributed by atoms with Crippen molar-refractivity contribution in [3.63, 3.8) is 0 Å². The molecule has 0 saturated heterocycles. The number of hydrogen-bond acceptors (Lipinski definition) is 3. The van der Waals surface area contributed by atoms with Crippen molar-refractivity contribution in [3.8, 4) is 11.5 Å². The minimum absolute atomic E-state index is 0.0382. The van der Waals surface area contributed by atoms with Gasteiger partial charge in [-0.15, -0.1) is 0 Å². The first kappa shape index (κ1) is 33.3. The van der Waals surface area contributed by atoms with Gasteiger partial charge in [0.25, 0.3) is 0 Å². The molecular formula is C30H37F3N2O3S. The molecule has 2 aromatic rings. The quantitative estimate of drug-likeness (QED) is 0.269. The number of phenols is 1. The lowest BCUT2D eigenvalue weighted by Crippen LogP contribution is -2.17. The number of rotatable bonds is 7. The Bertz CT molecular complexity index is 1370. The highest BCUT2D eigenvalue weighted by atomic mass is 32.2. The fraction of sp³-hybridized carbons (Fsp3) is 0.267. The van der Waals surface area contributed by atoms with Crippen molar-refractivity contribution < 1.29 is 27.2 Å². The van der Waals surface area contributed by atoms with E-state index in [1.54, 1.807) is 25.3 Å². The molecule has 0 spiro atoms. The summed E-state index contributed by atoms with van der Waals surface area (Å²) in [6.07, 6.45) is 5.71. The molecule has 2 N–H and O–H groups in total. The zero-order valence-electron chi connectivity index (χ0n) is 23.3. The van der Waals surface area contributed by atoms with Gasteiger partial charge in [-0.1, -0.05) is 57.2 Å². The molecule has 1 aliphatic rings.